The molecule has 3 aromatic carbocycles. The van der Waals surface area contributed by atoms with Crippen molar-refractivity contribution in [1.82, 2.24) is 0 Å². The number of carbonyl (C=O) groups excluding carboxylic acids is 1. The van der Waals surface area contributed by atoms with Gasteiger partial charge in [-0.3, -0.25) is 4.72 Å². The average Bonchev–Trinajstić information content (AvgIpc) is 3.28. The van der Waals surface area contributed by atoms with Gasteiger partial charge in [0.25, 0.3) is 10.0 Å². The molecule has 1 heterocycles. The van der Waals surface area contributed by atoms with Crippen LogP contribution in [-0.2, 0) is 34.2 Å². The van der Waals surface area contributed by atoms with Crippen LogP contribution in [0.4, 0.5) is 5.69 Å². The molecule has 1 aliphatic carbocycles. The largest absolute Gasteiger partial charge is 0.457 e. The molecule has 0 fully saturated rings. The third-order valence-electron chi connectivity index (χ3n) is 6.05. The summed E-state index contributed by atoms with van der Waals surface area (Å²) >= 11 is 0. The molecule has 0 saturated carbocycles. The van der Waals surface area contributed by atoms with Gasteiger partial charge in [0.1, 0.15) is 12.2 Å². The van der Waals surface area contributed by atoms with E-state index in [4.69, 9.17) is 9.15 Å². The molecule has 0 atom stereocenters. The van der Waals surface area contributed by atoms with E-state index in [1.165, 1.54) is 41.5 Å². The van der Waals surface area contributed by atoms with Crippen LogP contribution in [0.25, 0.3) is 11.0 Å². The van der Waals surface area contributed by atoms with Crippen molar-refractivity contribution >= 4 is 32.6 Å². The normalized spacial score (nSPS) is 12.9. The maximum absolute atomic E-state index is 12.8. The van der Waals surface area contributed by atoms with Crippen LogP contribution >= 0.6 is 0 Å². The lowest BCUT2D eigenvalue weighted by Crippen LogP contribution is -2.14. The Hall–Kier alpha value is -3.91. The van der Waals surface area contributed by atoms with Crippen LogP contribution in [0, 0.1) is 6.92 Å². The summed E-state index contributed by atoms with van der Waals surface area (Å²) in [5.41, 5.74) is 4.31. The van der Waals surface area contributed by atoms with Crippen molar-refractivity contribution in [3.63, 3.8) is 0 Å². The fraction of sp³-hybridized carbons (Fsp3) is 0.185. The molecule has 4 aromatic rings. The zero-order valence-electron chi connectivity index (χ0n) is 19.0. The number of ether oxygens (including phenoxy) is 1. The van der Waals surface area contributed by atoms with Crippen molar-refractivity contribution in [3.8, 4) is 0 Å². The first-order valence-electron chi connectivity index (χ1n) is 11.2. The van der Waals surface area contributed by atoms with E-state index in [0.29, 0.717) is 16.8 Å². The number of anilines is 1. The minimum Gasteiger partial charge on any atom is -0.457 e. The van der Waals surface area contributed by atoms with Gasteiger partial charge in [-0.2, -0.15) is 0 Å². The second kappa shape index (κ2) is 9.03. The summed E-state index contributed by atoms with van der Waals surface area (Å²) in [6.45, 7) is 1.72. The molecule has 8 heteroatoms. The topological polar surface area (TPSA) is 103 Å². The van der Waals surface area contributed by atoms with Crippen LogP contribution in [0.5, 0.6) is 0 Å². The van der Waals surface area contributed by atoms with Crippen LogP contribution < -0.4 is 10.3 Å². The number of rotatable bonds is 6. The number of esters is 1. The molecular weight excluding hydrogens is 466 g/mol. The summed E-state index contributed by atoms with van der Waals surface area (Å²) in [4.78, 5) is 24.8. The Kier molecular flexibility index (Phi) is 5.90. The van der Waals surface area contributed by atoms with E-state index < -0.39 is 21.6 Å². The Labute approximate surface area is 202 Å². The van der Waals surface area contributed by atoms with E-state index in [0.717, 1.165) is 30.2 Å². The van der Waals surface area contributed by atoms with Crippen LogP contribution in [-0.4, -0.2) is 14.4 Å². The molecule has 0 unspecified atom stereocenters. The number of aryl methyl sites for hydroxylation is 3. The Morgan fingerprint density at radius 3 is 2.57 bits per heavy atom. The predicted molar refractivity (Wildman–Crippen MR) is 132 cm³/mol. The van der Waals surface area contributed by atoms with Crippen LogP contribution in [0.1, 0.15) is 39.0 Å². The van der Waals surface area contributed by atoms with Crippen LogP contribution in [0.15, 0.2) is 80.8 Å². The Morgan fingerprint density at radius 2 is 1.77 bits per heavy atom. The highest BCUT2D eigenvalue weighted by molar-refractivity contribution is 7.92. The van der Waals surface area contributed by atoms with Crippen molar-refractivity contribution in [1.29, 1.82) is 0 Å². The fourth-order valence-electron chi connectivity index (χ4n) is 4.35. The summed E-state index contributed by atoms with van der Waals surface area (Å²) in [5, 5.41) is 0.733. The van der Waals surface area contributed by atoms with E-state index >= 15 is 0 Å². The fourth-order valence-corrected chi connectivity index (χ4v) is 5.45. The number of benzene rings is 3. The SMILES string of the molecule is Cc1cccc(NS(=O)(=O)c2cccc(C(=O)OCc3cc(=O)oc4cc5c(cc34)CCC5)c2)c1. The van der Waals surface area contributed by atoms with Gasteiger partial charge in [-0.05, 0) is 85.3 Å². The van der Waals surface area contributed by atoms with Crippen LogP contribution in [0.2, 0.25) is 0 Å². The molecule has 0 amide bonds. The Balaban J connectivity index is 1.36. The molecule has 0 aliphatic heterocycles. The molecule has 5 rings (SSSR count). The van der Waals surface area contributed by atoms with Gasteiger partial charge in [0.2, 0.25) is 0 Å². The quantitative estimate of drug-likeness (QED) is 0.310. The first-order valence-corrected chi connectivity index (χ1v) is 12.7. The second-order valence-electron chi connectivity index (χ2n) is 8.64. The first-order chi connectivity index (χ1) is 16.8. The smallest absolute Gasteiger partial charge is 0.338 e. The number of carbonyl (C=O) groups is 1. The number of nitrogens with one attached hydrogen (secondary N) is 1. The molecule has 0 spiro atoms. The van der Waals surface area contributed by atoms with E-state index in [9.17, 15) is 18.0 Å². The summed E-state index contributed by atoms with van der Waals surface area (Å²) in [6.07, 6.45) is 2.96. The highest BCUT2D eigenvalue weighted by Crippen LogP contribution is 2.29. The Morgan fingerprint density at radius 1 is 1.00 bits per heavy atom. The van der Waals surface area contributed by atoms with Gasteiger partial charge in [-0.1, -0.05) is 18.2 Å². The maximum atomic E-state index is 12.8. The molecule has 178 valence electrons. The molecular formula is C27H23NO6S. The summed E-state index contributed by atoms with van der Waals surface area (Å²) in [6, 6.07) is 17.8. The van der Waals surface area contributed by atoms with E-state index in [2.05, 4.69) is 4.72 Å². The van der Waals surface area contributed by atoms with E-state index in [-0.39, 0.29) is 17.1 Å². The zero-order chi connectivity index (χ0) is 24.6. The average molecular weight is 490 g/mol. The lowest BCUT2D eigenvalue weighted by Gasteiger charge is -2.11. The second-order valence-corrected chi connectivity index (χ2v) is 10.3. The van der Waals surface area contributed by atoms with Gasteiger partial charge < -0.3 is 9.15 Å². The van der Waals surface area contributed by atoms with Gasteiger partial charge in [0.15, 0.2) is 0 Å². The third kappa shape index (κ3) is 4.83. The van der Waals surface area contributed by atoms with Gasteiger partial charge in [-0.25, -0.2) is 18.0 Å². The summed E-state index contributed by atoms with van der Waals surface area (Å²) in [7, 11) is -3.91. The molecule has 7 nitrogen and oxygen atoms in total. The number of sulfonamides is 1. The lowest BCUT2D eigenvalue weighted by atomic mass is 10.0. The molecule has 0 bridgehead atoms. The highest BCUT2D eigenvalue weighted by Gasteiger charge is 2.19. The van der Waals surface area contributed by atoms with Gasteiger partial charge in [0, 0.05) is 22.7 Å². The minimum absolute atomic E-state index is 0.0603. The van der Waals surface area contributed by atoms with Crippen molar-refractivity contribution in [2.45, 2.75) is 37.7 Å². The van der Waals surface area contributed by atoms with Gasteiger partial charge >= 0.3 is 11.6 Å². The van der Waals surface area contributed by atoms with Crippen molar-refractivity contribution in [3.05, 3.63) is 105 Å². The Bertz CT molecular complexity index is 1620. The minimum atomic E-state index is -3.91. The molecule has 0 radical (unpaired) electrons. The van der Waals surface area contributed by atoms with Crippen molar-refractivity contribution in [2.24, 2.45) is 0 Å². The van der Waals surface area contributed by atoms with Gasteiger partial charge in [0.05, 0.1) is 10.5 Å². The first kappa shape index (κ1) is 22.9. The third-order valence-corrected chi connectivity index (χ3v) is 7.43. The summed E-state index contributed by atoms with van der Waals surface area (Å²) < 4.78 is 39.0. The van der Waals surface area contributed by atoms with E-state index in [1.54, 1.807) is 18.2 Å². The summed E-state index contributed by atoms with van der Waals surface area (Å²) in [5.74, 6) is -0.694. The molecule has 1 N–H and O–H groups in total. The van der Waals surface area contributed by atoms with Crippen molar-refractivity contribution < 1.29 is 22.4 Å². The lowest BCUT2D eigenvalue weighted by molar-refractivity contribution is 0.0473. The highest BCUT2D eigenvalue weighted by atomic mass is 32.2. The predicted octanol–water partition coefficient (Wildman–Crippen LogP) is 4.75. The zero-order valence-corrected chi connectivity index (χ0v) is 19.9. The van der Waals surface area contributed by atoms with Crippen molar-refractivity contribution in [2.75, 3.05) is 4.72 Å². The van der Waals surface area contributed by atoms with E-state index in [1.807, 2.05) is 25.1 Å². The number of fused-ring (bicyclic) bond motifs is 2. The standard InChI is InChI=1S/C27H23NO6S/c1-17-5-2-9-22(11-17)28-35(31,32)23-10-4-8-20(12-23)27(30)33-16-21-15-26(29)34-25-14-19-7-3-6-18(19)13-24(21)25/h2,4-5,8-15,28H,3,6-7,16H2,1H3. The molecule has 1 aliphatic rings. The molecule has 35 heavy (non-hydrogen) atoms. The molecule has 0 saturated heterocycles. The van der Waals surface area contributed by atoms with Gasteiger partial charge in [-0.15, -0.1) is 0 Å². The number of hydrogen-bond acceptors (Lipinski definition) is 6. The van der Waals surface area contributed by atoms with Crippen LogP contribution in [0.3, 0.4) is 0 Å². The maximum Gasteiger partial charge on any atom is 0.338 e. The number of hydrogen-bond donors (Lipinski definition) is 1. The monoisotopic (exact) mass is 489 g/mol. The molecule has 1 aromatic heterocycles.